The molecule has 0 aliphatic heterocycles. The van der Waals surface area contributed by atoms with Crippen molar-refractivity contribution in [1.82, 2.24) is 5.32 Å². The first kappa shape index (κ1) is 14.4. The summed E-state index contributed by atoms with van der Waals surface area (Å²) < 4.78 is 32.1. The molecule has 4 heteroatoms. The Morgan fingerprint density at radius 2 is 1.95 bits per heavy atom. The summed E-state index contributed by atoms with van der Waals surface area (Å²) in [6.07, 6.45) is 6.52. The molecule has 0 aromatic heterocycles. The Kier molecular flexibility index (Phi) is 5.73. The van der Waals surface area contributed by atoms with Crippen LogP contribution in [0.1, 0.15) is 37.7 Å². The van der Waals surface area contributed by atoms with E-state index in [1.165, 1.54) is 25.3 Å². The molecule has 1 N–H and O–H groups in total. The lowest BCUT2D eigenvalue weighted by Gasteiger charge is -2.22. The standard InChI is InChI=1S/C15H21F2NO/c16-14-8-4-5-12(15(14)17)11-18-9-10-19-13-6-2-1-3-7-13/h4-5,8,13,18H,1-3,6-7,9-11H2. The molecule has 0 saturated heterocycles. The van der Waals surface area contributed by atoms with Crippen molar-refractivity contribution in [2.45, 2.75) is 44.8 Å². The van der Waals surface area contributed by atoms with Gasteiger partial charge in [0.05, 0.1) is 12.7 Å². The number of rotatable bonds is 6. The zero-order valence-electron chi connectivity index (χ0n) is 11.1. The highest BCUT2D eigenvalue weighted by Crippen LogP contribution is 2.19. The predicted octanol–water partition coefficient (Wildman–Crippen LogP) is 3.40. The third-order valence-corrected chi connectivity index (χ3v) is 3.53. The smallest absolute Gasteiger partial charge is 0.163 e. The SMILES string of the molecule is Fc1cccc(CNCCOC2CCCCC2)c1F. The number of benzene rings is 1. The second-order valence-electron chi connectivity index (χ2n) is 5.02. The molecule has 0 amide bonds. The molecule has 0 radical (unpaired) electrons. The van der Waals surface area contributed by atoms with Crippen LogP contribution in [0, 0.1) is 11.6 Å². The maximum atomic E-state index is 13.4. The summed E-state index contributed by atoms with van der Waals surface area (Å²) in [6, 6.07) is 4.24. The molecule has 1 aliphatic carbocycles. The highest BCUT2D eigenvalue weighted by molar-refractivity contribution is 5.18. The van der Waals surface area contributed by atoms with Gasteiger partial charge in [-0.2, -0.15) is 0 Å². The van der Waals surface area contributed by atoms with Gasteiger partial charge in [-0.25, -0.2) is 8.78 Å². The van der Waals surface area contributed by atoms with E-state index in [-0.39, 0.29) is 0 Å². The average Bonchev–Trinajstić information content (AvgIpc) is 2.44. The van der Waals surface area contributed by atoms with E-state index >= 15 is 0 Å². The number of ether oxygens (including phenoxy) is 1. The van der Waals surface area contributed by atoms with E-state index in [2.05, 4.69) is 5.32 Å². The van der Waals surface area contributed by atoms with Gasteiger partial charge in [0.25, 0.3) is 0 Å². The second-order valence-corrected chi connectivity index (χ2v) is 5.02. The Morgan fingerprint density at radius 1 is 1.16 bits per heavy atom. The quantitative estimate of drug-likeness (QED) is 0.799. The van der Waals surface area contributed by atoms with Crippen molar-refractivity contribution in [3.8, 4) is 0 Å². The highest BCUT2D eigenvalue weighted by atomic mass is 19.2. The zero-order chi connectivity index (χ0) is 13.5. The van der Waals surface area contributed by atoms with Crippen LogP contribution >= 0.6 is 0 Å². The van der Waals surface area contributed by atoms with Crippen molar-refractivity contribution >= 4 is 0 Å². The Bertz CT molecular complexity index is 392. The van der Waals surface area contributed by atoms with Crippen LogP contribution in [0.15, 0.2) is 18.2 Å². The molecule has 1 aromatic carbocycles. The second kappa shape index (κ2) is 7.56. The van der Waals surface area contributed by atoms with Gasteiger partial charge >= 0.3 is 0 Å². The normalized spacial score (nSPS) is 16.7. The molecule has 19 heavy (non-hydrogen) atoms. The Morgan fingerprint density at radius 3 is 2.74 bits per heavy atom. The molecule has 0 atom stereocenters. The number of hydrogen-bond donors (Lipinski definition) is 1. The molecule has 2 rings (SSSR count). The van der Waals surface area contributed by atoms with Gasteiger partial charge in [0.2, 0.25) is 0 Å². The molecule has 106 valence electrons. The van der Waals surface area contributed by atoms with E-state index in [0.29, 0.717) is 31.4 Å². The first-order valence-corrected chi connectivity index (χ1v) is 7.02. The van der Waals surface area contributed by atoms with Crippen molar-refractivity contribution in [1.29, 1.82) is 0 Å². The minimum absolute atomic E-state index is 0.331. The zero-order valence-corrected chi connectivity index (χ0v) is 11.1. The van der Waals surface area contributed by atoms with Crippen LogP contribution in [0.2, 0.25) is 0 Å². The lowest BCUT2D eigenvalue weighted by atomic mass is 9.98. The average molecular weight is 269 g/mol. The molecule has 0 unspecified atom stereocenters. The van der Waals surface area contributed by atoms with E-state index < -0.39 is 11.6 Å². The first-order chi connectivity index (χ1) is 9.27. The number of nitrogens with one attached hydrogen (secondary N) is 1. The Labute approximate surface area is 113 Å². The van der Waals surface area contributed by atoms with Crippen LogP contribution in [-0.2, 0) is 11.3 Å². The van der Waals surface area contributed by atoms with Gasteiger partial charge in [0.15, 0.2) is 11.6 Å². The van der Waals surface area contributed by atoms with Crippen LogP contribution in [0.3, 0.4) is 0 Å². The molecule has 0 spiro atoms. The van der Waals surface area contributed by atoms with Crippen molar-refractivity contribution in [3.63, 3.8) is 0 Å². The first-order valence-electron chi connectivity index (χ1n) is 7.02. The molecular weight excluding hydrogens is 248 g/mol. The minimum atomic E-state index is -0.794. The molecule has 1 fully saturated rings. The molecule has 1 saturated carbocycles. The lowest BCUT2D eigenvalue weighted by Crippen LogP contribution is -2.24. The van der Waals surface area contributed by atoms with Crippen LogP contribution in [0.5, 0.6) is 0 Å². The largest absolute Gasteiger partial charge is 0.377 e. The monoisotopic (exact) mass is 269 g/mol. The fourth-order valence-corrected chi connectivity index (χ4v) is 2.44. The summed E-state index contributed by atoms with van der Waals surface area (Å²) in [5.74, 6) is -1.55. The van der Waals surface area contributed by atoms with Crippen molar-refractivity contribution in [2.75, 3.05) is 13.2 Å². The summed E-state index contributed by atoms with van der Waals surface area (Å²) in [7, 11) is 0. The third-order valence-electron chi connectivity index (χ3n) is 3.53. The van der Waals surface area contributed by atoms with Gasteiger partial charge in [-0.3, -0.25) is 0 Å². The third kappa shape index (κ3) is 4.55. The Balaban J connectivity index is 1.62. The lowest BCUT2D eigenvalue weighted by molar-refractivity contribution is 0.0302. The fraction of sp³-hybridized carbons (Fsp3) is 0.600. The van der Waals surface area contributed by atoms with Crippen LogP contribution in [-0.4, -0.2) is 19.3 Å². The topological polar surface area (TPSA) is 21.3 Å². The molecule has 1 aliphatic rings. The van der Waals surface area contributed by atoms with Crippen molar-refractivity contribution < 1.29 is 13.5 Å². The van der Waals surface area contributed by atoms with Crippen LogP contribution in [0.25, 0.3) is 0 Å². The van der Waals surface area contributed by atoms with Crippen molar-refractivity contribution in [2.24, 2.45) is 0 Å². The summed E-state index contributed by atoms with van der Waals surface area (Å²) in [4.78, 5) is 0. The number of hydrogen-bond acceptors (Lipinski definition) is 2. The van der Waals surface area contributed by atoms with E-state index in [9.17, 15) is 8.78 Å². The van der Waals surface area contributed by atoms with E-state index in [0.717, 1.165) is 18.9 Å². The molecule has 1 aromatic rings. The summed E-state index contributed by atoms with van der Waals surface area (Å²) in [5, 5.41) is 3.08. The van der Waals surface area contributed by atoms with Gasteiger partial charge in [-0.15, -0.1) is 0 Å². The Hall–Kier alpha value is -1.00. The van der Waals surface area contributed by atoms with Crippen LogP contribution < -0.4 is 5.32 Å². The van der Waals surface area contributed by atoms with Crippen LogP contribution in [0.4, 0.5) is 8.78 Å². The van der Waals surface area contributed by atoms with E-state index in [4.69, 9.17) is 4.74 Å². The van der Waals surface area contributed by atoms with Gasteiger partial charge in [0, 0.05) is 18.7 Å². The summed E-state index contributed by atoms with van der Waals surface area (Å²) >= 11 is 0. The minimum Gasteiger partial charge on any atom is -0.377 e. The molecular formula is C15H21F2NO. The van der Waals surface area contributed by atoms with Crippen molar-refractivity contribution in [3.05, 3.63) is 35.4 Å². The van der Waals surface area contributed by atoms with Gasteiger partial charge in [-0.05, 0) is 18.9 Å². The summed E-state index contributed by atoms with van der Waals surface area (Å²) in [5.41, 5.74) is 0.359. The predicted molar refractivity (Wildman–Crippen MR) is 70.9 cm³/mol. The summed E-state index contributed by atoms with van der Waals surface area (Å²) in [6.45, 7) is 1.62. The van der Waals surface area contributed by atoms with E-state index in [1.54, 1.807) is 6.07 Å². The fourth-order valence-electron chi connectivity index (χ4n) is 2.44. The molecule has 0 bridgehead atoms. The molecule has 0 heterocycles. The van der Waals surface area contributed by atoms with Gasteiger partial charge in [0.1, 0.15) is 0 Å². The maximum absolute atomic E-state index is 13.4. The highest BCUT2D eigenvalue weighted by Gasteiger charge is 2.13. The van der Waals surface area contributed by atoms with E-state index in [1.807, 2.05) is 0 Å². The van der Waals surface area contributed by atoms with Gasteiger partial charge < -0.3 is 10.1 Å². The molecule has 2 nitrogen and oxygen atoms in total. The van der Waals surface area contributed by atoms with Gasteiger partial charge in [-0.1, -0.05) is 31.4 Å². The number of halogens is 2. The maximum Gasteiger partial charge on any atom is 0.163 e.